The van der Waals surface area contributed by atoms with Gasteiger partial charge in [0.1, 0.15) is 18.0 Å². The zero-order valence-electron chi connectivity index (χ0n) is 44.5. The first-order chi connectivity index (χ1) is 36.5. The van der Waals surface area contributed by atoms with E-state index >= 15 is 0 Å². The molecule has 0 radical (unpaired) electrons. The third-order valence-electron chi connectivity index (χ3n) is 15.1. The van der Waals surface area contributed by atoms with Gasteiger partial charge in [-0.2, -0.15) is 4.58 Å². The lowest BCUT2D eigenvalue weighted by Gasteiger charge is -2.28. The van der Waals surface area contributed by atoms with Gasteiger partial charge in [-0.1, -0.05) is 50.3 Å². The van der Waals surface area contributed by atoms with Crippen molar-refractivity contribution in [3.8, 4) is 11.5 Å². The van der Waals surface area contributed by atoms with Crippen LogP contribution in [0.5, 0.6) is 11.5 Å². The number of aliphatic hydroxyl groups is 1. The van der Waals surface area contributed by atoms with Crippen LogP contribution in [0.25, 0.3) is 5.57 Å². The number of hydrogen-bond donors (Lipinski definition) is 1. The fourth-order valence-corrected chi connectivity index (χ4v) is 10.9. The number of benzene rings is 3. The van der Waals surface area contributed by atoms with Crippen molar-refractivity contribution in [2.75, 3.05) is 38.8 Å². The Balaban J connectivity index is 1.13. The number of carbonyl (C=O) groups excluding carboxylic acids is 7. The number of anilines is 1. The van der Waals surface area contributed by atoms with Crippen molar-refractivity contribution in [1.29, 1.82) is 0 Å². The molecular weight excluding hydrogens is 969 g/mol. The van der Waals surface area contributed by atoms with Crippen LogP contribution in [-0.2, 0) is 49.3 Å². The van der Waals surface area contributed by atoms with E-state index in [0.717, 1.165) is 87.0 Å². The quantitative estimate of drug-likeness (QED) is 0.0434. The van der Waals surface area contributed by atoms with Gasteiger partial charge >= 0.3 is 11.9 Å². The molecule has 16 heteroatoms. The number of hydroxylamine groups is 4. The Bertz CT molecular complexity index is 2940. The highest BCUT2D eigenvalue weighted by Gasteiger charge is 2.45. The van der Waals surface area contributed by atoms with Gasteiger partial charge in [-0.05, 0) is 123 Å². The second-order valence-corrected chi connectivity index (χ2v) is 20.9. The number of ether oxygens (including phenoxy) is 2. The molecule has 0 aromatic heterocycles. The highest BCUT2D eigenvalue weighted by molar-refractivity contribution is 6.04. The van der Waals surface area contributed by atoms with Crippen LogP contribution in [0.2, 0.25) is 0 Å². The minimum absolute atomic E-state index is 0.0304. The number of fused-ring (bicyclic) bond motifs is 2. The molecular formula is C60H69N4O12+. The van der Waals surface area contributed by atoms with E-state index < -0.39 is 46.4 Å². The largest absolute Gasteiger partial charge is 0.497 e. The fourth-order valence-electron chi connectivity index (χ4n) is 10.9. The SMILES string of the molecule is COc1ccc2c(c1)C(C)(C)C(/C=C/C1=C(c3ccc(C(=O)CCCO)cc3)C(=C/C=C3/N(CCCCC(=O)ON4C(=O)CCC4=O)c4ccc(OC)cc4C3(C)C)/CCC1)=[N+]2CCCCC(=O)ON1C(=O)CCC1=O. The Labute approximate surface area is 444 Å². The van der Waals surface area contributed by atoms with Crippen LogP contribution in [0, 0.1) is 0 Å². The van der Waals surface area contributed by atoms with Gasteiger partial charge in [0.25, 0.3) is 23.6 Å². The number of amides is 4. The first-order valence-corrected chi connectivity index (χ1v) is 26.5. The lowest BCUT2D eigenvalue weighted by Crippen LogP contribution is -2.32. The number of carbonyl (C=O) groups is 7. The second kappa shape index (κ2) is 23.6. The van der Waals surface area contributed by atoms with Crippen molar-refractivity contribution in [3.63, 3.8) is 0 Å². The number of aliphatic hydroxyl groups excluding tert-OH is 1. The summed E-state index contributed by atoms with van der Waals surface area (Å²) < 4.78 is 13.7. The minimum Gasteiger partial charge on any atom is -0.497 e. The molecule has 0 bridgehead atoms. The van der Waals surface area contributed by atoms with E-state index in [1.54, 1.807) is 14.2 Å². The van der Waals surface area contributed by atoms with Crippen LogP contribution in [0.3, 0.4) is 0 Å². The van der Waals surface area contributed by atoms with Gasteiger partial charge in [0.15, 0.2) is 11.5 Å². The molecule has 0 saturated carbocycles. The average Bonchev–Trinajstić information content (AvgIpc) is 4.05. The van der Waals surface area contributed by atoms with Crippen LogP contribution in [0.4, 0.5) is 11.4 Å². The molecule has 5 aliphatic rings. The molecule has 400 valence electrons. The zero-order valence-corrected chi connectivity index (χ0v) is 44.5. The molecule has 3 aromatic carbocycles. The number of rotatable bonds is 22. The summed E-state index contributed by atoms with van der Waals surface area (Å²) in [6.07, 6.45) is 14.4. The van der Waals surface area contributed by atoms with Crippen LogP contribution < -0.4 is 14.4 Å². The fraction of sp³-hybridized carbons (Fsp3) is 0.433. The molecule has 2 fully saturated rings. The summed E-state index contributed by atoms with van der Waals surface area (Å²) in [5.41, 5.74) is 10.3. The molecule has 0 unspecified atom stereocenters. The van der Waals surface area contributed by atoms with E-state index in [4.69, 9.17) is 19.1 Å². The topological polar surface area (TPSA) is 189 Å². The van der Waals surface area contributed by atoms with Crippen molar-refractivity contribution in [1.82, 2.24) is 10.1 Å². The lowest BCUT2D eigenvalue weighted by atomic mass is 9.79. The predicted molar refractivity (Wildman–Crippen MR) is 284 cm³/mol. The molecule has 2 saturated heterocycles. The Hall–Kier alpha value is -7.46. The summed E-state index contributed by atoms with van der Waals surface area (Å²) in [6.45, 7) is 9.88. The highest BCUT2D eigenvalue weighted by atomic mass is 16.7. The van der Waals surface area contributed by atoms with E-state index in [2.05, 4.69) is 85.7 Å². The summed E-state index contributed by atoms with van der Waals surface area (Å²) in [7, 11) is 3.30. The van der Waals surface area contributed by atoms with Gasteiger partial charge in [-0.3, -0.25) is 24.0 Å². The summed E-state index contributed by atoms with van der Waals surface area (Å²) in [4.78, 5) is 99.5. The maximum Gasteiger partial charge on any atom is 0.333 e. The molecule has 4 heterocycles. The summed E-state index contributed by atoms with van der Waals surface area (Å²) in [5.74, 6) is -1.83. The Morgan fingerprint density at radius 3 is 1.84 bits per heavy atom. The second-order valence-electron chi connectivity index (χ2n) is 20.9. The number of Topliss-reactive ketones (excluding diaryl/α,β-unsaturated/α-hetero) is 1. The van der Waals surface area contributed by atoms with E-state index in [-0.39, 0.29) is 57.3 Å². The summed E-state index contributed by atoms with van der Waals surface area (Å²) in [6, 6.07) is 19.9. The number of ketones is 1. The molecule has 4 amide bonds. The number of imide groups is 2. The Morgan fingerprint density at radius 2 is 1.24 bits per heavy atom. The van der Waals surface area contributed by atoms with E-state index in [9.17, 15) is 38.7 Å². The average molecular weight is 1040 g/mol. The standard InChI is InChI=1S/C60H69N4O12/c1-59(2)45-37-43(73-5)24-26-47(45)61(34-9-7-16-56(71)75-63-52(67)30-31-53(63)68)50(59)28-22-40-13-11-14-41(58(40)42-20-18-39(19-21-42)49(66)15-12-36-65)23-29-51-60(3,4)46-38-44(74-6)25-27-48(46)62(51)35-10-8-17-57(72)76-64-54(69)32-33-55(64)70/h18-29,37-38,65H,7-17,30-36H2,1-6H3/q+1. The maximum absolute atomic E-state index is 13.1. The first kappa shape index (κ1) is 54.8. The summed E-state index contributed by atoms with van der Waals surface area (Å²) >= 11 is 0. The summed E-state index contributed by atoms with van der Waals surface area (Å²) in [5, 5.41) is 10.6. The van der Waals surface area contributed by atoms with Gasteiger partial charge in [-0.25, -0.2) is 9.59 Å². The third kappa shape index (κ3) is 11.7. The van der Waals surface area contributed by atoms with Gasteiger partial charge < -0.3 is 29.2 Å². The van der Waals surface area contributed by atoms with Crippen molar-refractivity contribution in [2.24, 2.45) is 0 Å². The molecule has 8 rings (SSSR count). The first-order valence-electron chi connectivity index (χ1n) is 26.5. The zero-order chi connectivity index (χ0) is 54.3. The Morgan fingerprint density at radius 1 is 0.645 bits per heavy atom. The lowest BCUT2D eigenvalue weighted by molar-refractivity contribution is -0.438. The minimum atomic E-state index is -0.625. The normalized spacial score (nSPS) is 19.0. The van der Waals surface area contributed by atoms with Crippen LogP contribution in [-0.4, -0.2) is 101 Å². The maximum atomic E-state index is 13.1. The van der Waals surface area contributed by atoms with Crippen LogP contribution in [0.15, 0.2) is 102 Å². The van der Waals surface area contributed by atoms with Crippen LogP contribution >= 0.6 is 0 Å². The molecule has 0 atom stereocenters. The smallest absolute Gasteiger partial charge is 0.333 e. The Kier molecular flexibility index (Phi) is 17.0. The number of nitrogens with zero attached hydrogens (tertiary/aromatic N) is 4. The molecule has 1 aliphatic carbocycles. The van der Waals surface area contributed by atoms with E-state index in [1.165, 1.54) is 0 Å². The van der Waals surface area contributed by atoms with E-state index in [1.807, 2.05) is 36.4 Å². The van der Waals surface area contributed by atoms with Crippen molar-refractivity contribution < 1.29 is 62.4 Å². The van der Waals surface area contributed by atoms with Gasteiger partial charge in [0.2, 0.25) is 5.69 Å². The molecule has 0 spiro atoms. The van der Waals surface area contributed by atoms with Crippen LogP contribution in [0.1, 0.15) is 151 Å². The molecule has 1 N–H and O–H groups in total. The van der Waals surface area contributed by atoms with E-state index in [0.29, 0.717) is 60.9 Å². The number of hydrogen-bond acceptors (Lipinski definition) is 13. The number of methoxy groups -OCH3 is 2. The van der Waals surface area contributed by atoms with Crippen molar-refractivity contribution in [2.45, 2.75) is 135 Å². The number of unbranched alkanes of at least 4 members (excludes halogenated alkanes) is 2. The molecule has 16 nitrogen and oxygen atoms in total. The van der Waals surface area contributed by atoms with Gasteiger partial charge in [0.05, 0.1) is 19.6 Å². The van der Waals surface area contributed by atoms with Crippen molar-refractivity contribution >= 4 is 64.0 Å². The molecule has 76 heavy (non-hydrogen) atoms. The predicted octanol–water partition coefficient (Wildman–Crippen LogP) is 9.39. The van der Waals surface area contributed by atoms with Gasteiger partial charge in [-0.15, -0.1) is 10.1 Å². The third-order valence-corrected chi connectivity index (χ3v) is 15.1. The number of allylic oxidation sites excluding steroid dienone is 8. The van der Waals surface area contributed by atoms with Gasteiger partial charge in [0, 0.05) is 105 Å². The van der Waals surface area contributed by atoms with Crippen molar-refractivity contribution in [3.05, 3.63) is 124 Å². The highest BCUT2D eigenvalue weighted by Crippen LogP contribution is 2.50. The monoisotopic (exact) mass is 1040 g/mol. The molecule has 3 aromatic rings. The molecule has 4 aliphatic heterocycles.